The van der Waals surface area contributed by atoms with E-state index in [0.717, 1.165) is 29.0 Å². The number of halogens is 1. The van der Waals surface area contributed by atoms with Gasteiger partial charge < -0.3 is 4.57 Å². The number of alkyl halides is 1. The molecular weight excluding hydrogens is 260 g/mol. The molecule has 0 bridgehead atoms. The lowest BCUT2D eigenvalue weighted by Gasteiger charge is -2.05. The number of fused-ring (bicyclic) bond motifs is 1. The monoisotopic (exact) mass is 274 g/mol. The van der Waals surface area contributed by atoms with Crippen LogP contribution in [0.4, 0.5) is 0 Å². The van der Waals surface area contributed by atoms with Crippen molar-refractivity contribution in [3.8, 4) is 0 Å². The Labute approximate surface area is 116 Å². The Morgan fingerprint density at radius 2 is 2.16 bits per heavy atom. The largest absolute Gasteiger partial charge is 0.322 e. The SMILES string of the molecule is Cc1ccc2c(c1)nc(CCl)n2Cc1cnn(C)c1. The van der Waals surface area contributed by atoms with E-state index in [1.807, 2.05) is 19.4 Å². The van der Waals surface area contributed by atoms with Crippen molar-refractivity contribution in [1.82, 2.24) is 19.3 Å². The van der Waals surface area contributed by atoms with Gasteiger partial charge in [-0.15, -0.1) is 11.6 Å². The van der Waals surface area contributed by atoms with E-state index < -0.39 is 0 Å². The highest BCUT2D eigenvalue weighted by atomic mass is 35.5. The van der Waals surface area contributed by atoms with Gasteiger partial charge in [-0.25, -0.2) is 4.98 Å². The zero-order chi connectivity index (χ0) is 13.4. The summed E-state index contributed by atoms with van der Waals surface area (Å²) in [6.45, 7) is 2.81. The molecule has 4 nitrogen and oxygen atoms in total. The molecule has 0 fully saturated rings. The third kappa shape index (κ3) is 2.24. The van der Waals surface area contributed by atoms with Gasteiger partial charge in [0.25, 0.3) is 0 Å². The van der Waals surface area contributed by atoms with Gasteiger partial charge in [-0.1, -0.05) is 6.07 Å². The molecule has 2 aromatic heterocycles. The minimum atomic E-state index is 0.411. The van der Waals surface area contributed by atoms with Gasteiger partial charge in [-0.05, 0) is 24.6 Å². The Morgan fingerprint density at radius 1 is 1.32 bits per heavy atom. The molecular formula is C14H15ClN4. The van der Waals surface area contributed by atoms with E-state index in [1.165, 1.54) is 5.56 Å². The van der Waals surface area contributed by atoms with Crippen molar-refractivity contribution in [3.05, 3.63) is 47.5 Å². The summed E-state index contributed by atoms with van der Waals surface area (Å²) < 4.78 is 3.96. The minimum absolute atomic E-state index is 0.411. The van der Waals surface area contributed by atoms with Crippen LogP contribution in [0.3, 0.4) is 0 Å². The van der Waals surface area contributed by atoms with Crippen molar-refractivity contribution < 1.29 is 0 Å². The maximum Gasteiger partial charge on any atom is 0.125 e. The fraction of sp³-hybridized carbons (Fsp3) is 0.286. The van der Waals surface area contributed by atoms with Crippen LogP contribution in [0.1, 0.15) is 17.0 Å². The minimum Gasteiger partial charge on any atom is -0.322 e. The van der Waals surface area contributed by atoms with E-state index >= 15 is 0 Å². The maximum atomic E-state index is 6.01. The zero-order valence-corrected chi connectivity index (χ0v) is 11.7. The van der Waals surface area contributed by atoms with Crippen molar-refractivity contribution in [3.63, 3.8) is 0 Å². The summed E-state index contributed by atoms with van der Waals surface area (Å²) in [7, 11) is 1.92. The molecule has 0 aliphatic rings. The van der Waals surface area contributed by atoms with E-state index in [-0.39, 0.29) is 0 Å². The van der Waals surface area contributed by atoms with Gasteiger partial charge in [-0.2, -0.15) is 5.10 Å². The number of aryl methyl sites for hydroxylation is 2. The van der Waals surface area contributed by atoms with Crippen molar-refractivity contribution in [2.24, 2.45) is 7.05 Å². The topological polar surface area (TPSA) is 35.6 Å². The van der Waals surface area contributed by atoms with E-state index in [4.69, 9.17) is 11.6 Å². The lowest BCUT2D eigenvalue weighted by atomic mass is 10.2. The van der Waals surface area contributed by atoms with E-state index in [1.54, 1.807) is 4.68 Å². The smallest absolute Gasteiger partial charge is 0.125 e. The second kappa shape index (κ2) is 4.70. The molecule has 0 radical (unpaired) electrons. The highest BCUT2D eigenvalue weighted by molar-refractivity contribution is 6.16. The Hall–Kier alpha value is -1.81. The normalized spacial score (nSPS) is 11.3. The lowest BCUT2D eigenvalue weighted by molar-refractivity contribution is 0.759. The average molecular weight is 275 g/mol. The first kappa shape index (κ1) is 12.2. The second-order valence-electron chi connectivity index (χ2n) is 4.76. The Balaban J connectivity index is 2.10. The number of hydrogen-bond acceptors (Lipinski definition) is 2. The van der Waals surface area contributed by atoms with E-state index in [9.17, 15) is 0 Å². The standard InChI is InChI=1S/C14H15ClN4/c1-10-3-4-13-12(5-10)17-14(6-15)19(13)9-11-7-16-18(2)8-11/h3-5,7-8H,6,9H2,1-2H3. The molecule has 0 N–H and O–H groups in total. The van der Waals surface area contributed by atoms with Crippen LogP contribution in [-0.4, -0.2) is 19.3 Å². The summed E-state index contributed by atoms with van der Waals surface area (Å²) in [4.78, 5) is 4.60. The van der Waals surface area contributed by atoms with Gasteiger partial charge in [0.15, 0.2) is 0 Å². The summed E-state index contributed by atoms with van der Waals surface area (Å²) in [6.07, 6.45) is 3.88. The number of benzene rings is 1. The van der Waals surface area contributed by atoms with Crippen LogP contribution < -0.4 is 0 Å². The molecule has 0 atom stereocenters. The van der Waals surface area contributed by atoms with Gasteiger partial charge in [0.2, 0.25) is 0 Å². The third-order valence-corrected chi connectivity index (χ3v) is 3.44. The quantitative estimate of drug-likeness (QED) is 0.689. The van der Waals surface area contributed by atoms with Crippen molar-refractivity contribution in [2.45, 2.75) is 19.3 Å². The number of rotatable bonds is 3. The summed E-state index contributed by atoms with van der Waals surface area (Å²) in [6, 6.07) is 6.29. The number of aromatic nitrogens is 4. The Bertz CT molecular complexity index is 726. The summed E-state index contributed by atoms with van der Waals surface area (Å²) >= 11 is 6.01. The van der Waals surface area contributed by atoms with Gasteiger partial charge in [0.05, 0.1) is 29.7 Å². The van der Waals surface area contributed by atoms with E-state index in [0.29, 0.717) is 5.88 Å². The number of hydrogen-bond donors (Lipinski definition) is 0. The highest BCUT2D eigenvalue weighted by Crippen LogP contribution is 2.20. The molecule has 2 heterocycles. The van der Waals surface area contributed by atoms with Crippen molar-refractivity contribution in [2.75, 3.05) is 0 Å². The molecule has 0 unspecified atom stereocenters. The van der Waals surface area contributed by atoms with Crippen LogP contribution in [0.5, 0.6) is 0 Å². The van der Waals surface area contributed by atoms with Crippen LogP contribution in [0.25, 0.3) is 11.0 Å². The molecule has 0 saturated carbocycles. The van der Waals surface area contributed by atoms with Gasteiger partial charge in [-0.3, -0.25) is 4.68 Å². The fourth-order valence-corrected chi connectivity index (χ4v) is 2.51. The number of nitrogens with zero attached hydrogens (tertiary/aromatic N) is 4. The zero-order valence-electron chi connectivity index (χ0n) is 11.0. The molecule has 0 saturated heterocycles. The van der Waals surface area contributed by atoms with Gasteiger partial charge in [0, 0.05) is 18.8 Å². The molecule has 0 aliphatic heterocycles. The molecule has 0 aliphatic carbocycles. The van der Waals surface area contributed by atoms with E-state index in [2.05, 4.69) is 39.8 Å². The van der Waals surface area contributed by atoms with Crippen molar-refractivity contribution in [1.29, 1.82) is 0 Å². The molecule has 1 aromatic carbocycles. The highest BCUT2D eigenvalue weighted by Gasteiger charge is 2.11. The third-order valence-electron chi connectivity index (χ3n) is 3.20. The van der Waals surface area contributed by atoms with Crippen LogP contribution in [0, 0.1) is 6.92 Å². The molecule has 3 aromatic rings. The first-order valence-corrected chi connectivity index (χ1v) is 6.70. The Kier molecular flexibility index (Phi) is 3.03. The molecule has 19 heavy (non-hydrogen) atoms. The van der Waals surface area contributed by atoms with Crippen LogP contribution in [0.2, 0.25) is 0 Å². The summed E-state index contributed by atoms with van der Waals surface area (Å²) in [5, 5.41) is 4.20. The van der Waals surface area contributed by atoms with Gasteiger partial charge >= 0.3 is 0 Å². The van der Waals surface area contributed by atoms with Gasteiger partial charge in [0.1, 0.15) is 5.82 Å². The second-order valence-corrected chi connectivity index (χ2v) is 5.03. The Morgan fingerprint density at radius 3 is 2.84 bits per heavy atom. The summed E-state index contributed by atoms with van der Waals surface area (Å²) in [5.41, 5.74) is 4.47. The number of imidazole rings is 1. The molecule has 5 heteroatoms. The predicted molar refractivity (Wildman–Crippen MR) is 76.3 cm³/mol. The molecule has 98 valence electrons. The first-order chi connectivity index (χ1) is 9.17. The molecule has 0 spiro atoms. The summed E-state index contributed by atoms with van der Waals surface area (Å²) in [5.74, 6) is 1.31. The van der Waals surface area contributed by atoms with Crippen LogP contribution in [0.15, 0.2) is 30.6 Å². The lowest BCUT2D eigenvalue weighted by Crippen LogP contribution is -2.03. The molecule has 0 amide bonds. The average Bonchev–Trinajstić information content (AvgIpc) is 2.94. The maximum absolute atomic E-state index is 6.01. The fourth-order valence-electron chi connectivity index (χ4n) is 2.30. The molecule has 3 rings (SSSR count). The predicted octanol–water partition coefficient (Wildman–Crippen LogP) is 2.87. The first-order valence-electron chi connectivity index (χ1n) is 6.16. The van der Waals surface area contributed by atoms with Crippen LogP contribution >= 0.6 is 11.6 Å². The van der Waals surface area contributed by atoms with Crippen LogP contribution in [-0.2, 0) is 19.5 Å². The van der Waals surface area contributed by atoms with Crippen molar-refractivity contribution >= 4 is 22.6 Å².